The first-order chi connectivity index (χ1) is 9.60. The summed E-state index contributed by atoms with van der Waals surface area (Å²) in [7, 11) is 0. The number of nitrogen functional groups attached to an aromatic ring is 1. The van der Waals surface area contributed by atoms with E-state index in [9.17, 15) is 5.26 Å². The molecule has 1 saturated carbocycles. The molecular weight excluding hydrogens is 274 g/mol. The normalized spacial score (nSPS) is 14.1. The molecule has 0 unspecified atom stereocenters. The molecule has 102 valence electrons. The maximum atomic E-state index is 9.24. The predicted octanol–water partition coefficient (Wildman–Crippen LogP) is 2.86. The molecule has 1 fully saturated rings. The molecule has 1 heterocycles. The van der Waals surface area contributed by atoms with E-state index in [1.54, 1.807) is 10.7 Å². The van der Waals surface area contributed by atoms with Crippen molar-refractivity contribution in [1.82, 2.24) is 9.78 Å². The molecule has 5 nitrogen and oxygen atoms in total. The van der Waals surface area contributed by atoms with Crippen molar-refractivity contribution in [2.75, 3.05) is 11.1 Å². The molecule has 20 heavy (non-hydrogen) atoms. The van der Waals surface area contributed by atoms with Crippen LogP contribution in [0.5, 0.6) is 0 Å². The second-order valence-electron chi connectivity index (χ2n) is 4.98. The largest absolute Gasteiger partial charge is 0.382 e. The summed E-state index contributed by atoms with van der Waals surface area (Å²) in [6, 6.07) is 8.10. The maximum absolute atomic E-state index is 9.24. The molecule has 0 aliphatic heterocycles. The minimum atomic E-state index is 0.329. The summed E-state index contributed by atoms with van der Waals surface area (Å²) in [5, 5.41) is 17.5. The Morgan fingerprint density at radius 1 is 1.50 bits per heavy atom. The summed E-state index contributed by atoms with van der Waals surface area (Å²) in [5.74, 6) is 0.875. The van der Waals surface area contributed by atoms with Crippen LogP contribution in [0.15, 0.2) is 18.2 Å². The average Bonchev–Trinajstić information content (AvgIpc) is 3.17. The van der Waals surface area contributed by atoms with Crippen LogP contribution in [0.4, 0.5) is 11.6 Å². The quantitative estimate of drug-likeness (QED) is 0.910. The molecule has 1 aromatic carbocycles. The standard InChI is InChI=1S/C14H14ClN5/c1-8-2-5-10(6-12(8)15)20-13(17)11(7-16)14(19-20)18-9-3-4-9/h2,5-6,9H,3-4,17H2,1H3,(H,18,19). The number of aryl methyl sites for hydroxylation is 1. The van der Waals surface area contributed by atoms with Crippen molar-refractivity contribution in [2.45, 2.75) is 25.8 Å². The molecular formula is C14H14ClN5. The van der Waals surface area contributed by atoms with E-state index in [4.69, 9.17) is 17.3 Å². The van der Waals surface area contributed by atoms with E-state index in [-0.39, 0.29) is 0 Å². The molecule has 2 aromatic rings. The summed E-state index contributed by atoms with van der Waals surface area (Å²) >= 11 is 6.13. The second-order valence-corrected chi connectivity index (χ2v) is 5.39. The monoisotopic (exact) mass is 287 g/mol. The summed E-state index contributed by atoms with van der Waals surface area (Å²) in [5.41, 5.74) is 8.14. The molecule has 0 atom stereocenters. The summed E-state index contributed by atoms with van der Waals surface area (Å²) in [6.07, 6.45) is 2.21. The van der Waals surface area contributed by atoms with Crippen LogP contribution in [0.3, 0.4) is 0 Å². The lowest BCUT2D eigenvalue weighted by Crippen LogP contribution is -2.04. The topological polar surface area (TPSA) is 79.7 Å². The first-order valence-electron chi connectivity index (χ1n) is 6.42. The molecule has 6 heteroatoms. The second kappa shape index (κ2) is 4.73. The predicted molar refractivity (Wildman–Crippen MR) is 79.1 cm³/mol. The number of nitrogens with zero attached hydrogens (tertiary/aromatic N) is 3. The lowest BCUT2D eigenvalue weighted by atomic mass is 10.2. The van der Waals surface area contributed by atoms with Gasteiger partial charge in [-0.25, -0.2) is 4.68 Å². The number of anilines is 2. The van der Waals surface area contributed by atoms with Crippen molar-refractivity contribution in [3.63, 3.8) is 0 Å². The van der Waals surface area contributed by atoms with Gasteiger partial charge in [-0.2, -0.15) is 5.26 Å². The molecule has 0 saturated heterocycles. The third kappa shape index (κ3) is 2.19. The van der Waals surface area contributed by atoms with Crippen molar-refractivity contribution in [3.8, 4) is 11.8 Å². The van der Waals surface area contributed by atoms with Gasteiger partial charge in [-0.3, -0.25) is 0 Å². The van der Waals surface area contributed by atoms with Gasteiger partial charge in [0.15, 0.2) is 5.82 Å². The van der Waals surface area contributed by atoms with Crippen molar-refractivity contribution in [2.24, 2.45) is 0 Å². The first kappa shape index (κ1) is 12.8. The van der Waals surface area contributed by atoms with Gasteiger partial charge in [0.05, 0.1) is 5.69 Å². The number of rotatable bonds is 3. The van der Waals surface area contributed by atoms with Gasteiger partial charge in [-0.1, -0.05) is 17.7 Å². The minimum Gasteiger partial charge on any atom is -0.382 e. The molecule has 1 aliphatic rings. The van der Waals surface area contributed by atoms with Gasteiger partial charge in [0.25, 0.3) is 0 Å². The van der Waals surface area contributed by atoms with E-state index in [1.807, 2.05) is 19.1 Å². The molecule has 0 radical (unpaired) electrons. The van der Waals surface area contributed by atoms with Gasteiger partial charge in [0.1, 0.15) is 17.5 Å². The van der Waals surface area contributed by atoms with Gasteiger partial charge >= 0.3 is 0 Å². The molecule has 3 N–H and O–H groups in total. The highest BCUT2D eigenvalue weighted by Gasteiger charge is 2.25. The minimum absolute atomic E-state index is 0.329. The number of halogens is 1. The van der Waals surface area contributed by atoms with E-state index in [1.165, 1.54) is 0 Å². The summed E-state index contributed by atoms with van der Waals surface area (Å²) in [4.78, 5) is 0. The zero-order valence-corrected chi connectivity index (χ0v) is 11.8. The number of nitrogens with one attached hydrogen (secondary N) is 1. The molecule has 0 amide bonds. The Labute approximate surface area is 122 Å². The molecule has 1 aliphatic carbocycles. The number of hydrogen-bond donors (Lipinski definition) is 2. The highest BCUT2D eigenvalue weighted by Crippen LogP contribution is 2.30. The Hall–Kier alpha value is -2.19. The Balaban J connectivity index is 2.06. The van der Waals surface area contributed by atoms with Crippen molar-refractivity contribution < 1.29 is 0 Å². The van der Waals surface area contributed by atoms with Crippen molar-refractivity contribution in [3.05, 3.63) is 34.3 Å². The average molecular weight is 288 g/mol. The number of nitrogens with two attached hydrogens (primary N) is 1. The van der Waals surface area contributed by atoms with Crippen LogP contribution in [0, 0.1) is 18.3 Å². The number of nitriles is 1. The third-order valence-corrected chi connectivity index (χ3v) is 3.76. The SMILES string of the molecule is Cc1ccc(-n2nc(NC3CC3)c(C#N)c2N)cc1Cl. The summed E-state index contributed by atoms with van der Waals surface area (Å²) < 4.78 is 1.55. The zero-order valence-electron chi connectivity index (χ0n) is 11.0. The Morgan fingerprint density at radius 2 is 2.25 bits per heavy atom. The fraction of sp³-hybridized carbons (Fsp3) is 0.286. The smallest absolute Gasteiger partial charge is 0.168 e. The van der Waals surface area contributed by atoms with E-state index in [0.717, 1.165) is 24.1 Å². The zero-order chi connectivity index (χ0) is 14.3. The van der Waals surface area contributed by atoms with E-state index in [0.29, 0.717) is 28.3 Å². The fourth-order valence-corrected chi connectivity index (χ4v) is 2.15. The fourth-order valence-electron chi connectivity index (χ4n) is 1.97. The van der Waals surface area contributed by atoms with Crippen molar-refractivity contribution >= 4 is 23.2 Å². The molecule has 3 rings (SSSR count). The van der Waals surface area contributed by atoms with Crippen LogP contribution in [0.1, 0.15) is 24.0 Å². The lowest BCUT2D eigenvalue weighted by molar-refractivity contribution is 0.886. The molecule has 0 bridgehead atoms. The van der Waals surface area contributed by atoms with Crippen molar-refractivity contribution in [1.29, 1.82) is 5.26 Å². The van der Waals surface area contributed by atoms with Crippen LogP contribution in [0.25, 0.3) is 5.69 Å². The number of aromatic nitrogens is 2. The first-order valence-corrected chi connectivity index (χ1v) is 6.79. The lowest BCUT2D eigenvalue weighted by Gasteiger charge is -2.05. The third-order valence-electron chi connectivity index (χ3n) is 3.35. The highest BCUT2D eigenvalue weighted by molar-refractivity contribution is 6.31. The highest BCUT2D eigenvalue weighted by atomic mass is 35.5. The summed E-state index contributed by atoms with van der Waals surface area (Å²) in [6.45, 7) is 1.93. The molecule has 0 spiro atoms. The van der Waals surface area contributed by atoms with Crippen LogP contribution in [0.2, 0.25) is 5.02 Å². The van der Waals surface area contributed by atoms with Crippen LogP contribution >= 0.6 is 11.6 Å². The maximum Gasteiger partial charge on any atom is 0.168 e. The van der Waals surface area contributed by atoms with Gasteiger partial charge in [-0.15, -0.1) is 5.10 Å². The number of hydrogen-bond acceptors (Lipinski definition) is 4. The Morgan fingerprint density at radius 3 is 2.85 bits per heavy atom. The van der Waals surface area contributed by atoms with E-state index < -0.39 is 0 Å². The Kier molecular flexibility index (Phi) is 3.03. The molecule has 1 aromatic heterocycles. The van der Waals surface area contributed by atoms with Gasteiger partial charge in [-0.05, 0) is 37.5 Å². The van der Waals surface area contributed by atoms with Gasteiger partial charge in [0.2, 0.25) is 0 Å². The van der Waals surface area contributed by atoms with E-state index >= 15 is 0 Å². The Bertz CT molecular complexity index is 709. The van der Waals surface area contributed by atoms with Crippen LogP contribution in [-0.4, -0.2) is 15.8 Å². The van der Waals surface area contributed by atoms with Crippen LogP contribution in [-0.2, 0) is 0 Å². The van der Waals surface area contributed by atoms with E-state index in [2.05, 4.69) is 16.5 Å². The van der Waals surface area contributed by atoms with Gasteiger partial charge < -0.3 is 11.1 Å². The van der Waals surface area contributed by atoms with Crippen LogP contribution < -0.4 is 11.1 Å². The van der Waals surface area contributed by atoms with Gasteiger partial charge in [0, 0.05) is 11.1 Å². The number of benzene rings is 1.